The van der Waals surface area contributed by atoms with Crippen molar-refractivity contribution in [2.75, 3.05) is 0 Å². The molecule has 1 atom stereocenters. The van der Waals surface area contributed by atoms with Crippen LogP contribution in [0.5, 0.6) is 0 Å². The first kappa shape index (κ1) is 21.9. The summed E-state index contributed by atoms with van der Waals surface area (Å²) in [5.41, 5.74) is 0.727. The van der Waals surface area contributed by atoms with Gasteiger partial charge in [-0.15, -0.1) is 0 Å². The Bertz CT molecular complexity index is 908. The van der Waals surface area contributed by atoms with E-state index < -0.39 is 0 Å². The van der Waals surface area contributed by atoms with Gasteiger partial charge in [0.05, 0.1) is 16.2 Å². The van der Waals surface area contributed by atoms with E-state index in [1.165, 1.54) is 18.2 Å². The Kier molecular flexibility index (Phi) is 7.04. The number of rotatable bonds is 6. The molecule has 158 valence electrons. The Labute approximate surface area is 177 Å². The molecular weight excluding hydrogens is 382 g/mol. The molecule has 1 aliphatic carbocycles. The van der Waals surface area contributed by atoms with Crippen LogP contribution < -0.4 is 5.56 Å². The molecular formula is C23H33N3O2S. The summed E-state index contributed by atoms with van der Waals surface area (Å²) in [6, 6.07) is 7.97. The number of para-hydroxylation sites is 1. The molecule has 0 N–H and O–H groups in total. The summed E-state index contributed by atoms with van der Waals surface area (Å²) in [5.74, 6) is 0.0950. The number of carbonyl (C=O) groups excluding carboxylic acids is 1. The summed E-state index contributed by atoms with van der Waals surface area (Å²) >= 11 is 1.42. The Hall–Kier alpha value is -1.82. The fourth-order valence-electron chi connectivity index (χ4n) is 4.39. The fourth-order valence-corrected chi connectivity index (χ4v) is 5.43. The molecule has 6 heteroatoms. The average Bonchev–Trinajstić information content (AvgIpc) is 2.68. The van der Waals surface area contributed by atoms with E-state index in [1.807, 2.05) is 68.4 Å². The predicted molar refractivity (Wildman–Crippen MR) is 121 cm³/mol. The lowest BCUT2D eigenvalue weighted by atomic mass is 9.95. The number of carbonyl (C=O) groups is 1. The highest BCUT2D eigenvalue weighted by molar-refractivity contribution is 8.00. The van der Waals surface area contributed by atoms with Crippen LogP contribution in [0.1, 0.15) is 72.8 Å². The van der Waals surface area contributed by atoms with Gasteiger partial charge in [0, 0.05) is 18.1 Å². The standard InChI is InChI=1S/C23H33N3O2S/c1-15(2)25(16(3)4)21(27)17(5)29-23-24-20-14-10-9-13-19(20)22(28)26(23)18-11-7-6-8-12-18/h9-10,13-18H,6-8,11-12H2,1-5H3/t17-/m0/s1. The molecule has 29 heavy (non-hydrogen) atoms. The third kappa shape index (κ3) is 4.68. The lowest BCUT2D eigenvalue weighted by molar-refractivity contribution is -0.133. The highest BCUT2D eigenvalue weighted by Crippen LogP contribution is 2.33. The van der Waals surface area contributed by atoms with Gasteiger partial charge in [-0.05, 0) is 59.6 Å². The van der Waals surface area contributed by atoms with Crippen LogP contribution >= 0.6 is 11.8 Å². The van der Waals surface area contributed by atoms with Crippen LogP contribution in [0.3, 0.4) is 0 Å². The summed E-state index contributed by atoms with van der Waals surface area (Å²) in [6.07, 6.45) is 5.50. The van der Waals surface area contributed by atoms with Gasteiger partial charge in [-0.3, -0.25) is 14.2 Å². The van der Waals surface area contributed by atoms with Crippen molar-refractivity contribution in [1.29, 1.82) is 0 Å². The van der Waals surface area contributed by atoms with E-state index in [0.717, 1.165) is 25.7 Å². The van der Waals surface area contributed by atoms with Crippen LogP contribution in [-0.2, 0) is 4.79 Å². The monoisotopic (exact) mass is 415 g/mol. The zero-order chi connectivity index (χ0) is 21.1. The quantitative estimate of drug-likeness (QED) is 0.491. The second-order valence-electron chi connectivity index (χ2n) is 8.57. The van der Waals surface area contributed by atoms with Gasteiger partial charge < -0.3 is 4.90 Å². The highest BCUT2D eigenvalue weighted by Gasteiger charge is 2.29. The van der Waals surface area contributed by atoms with Gasteiger partial charge in [-0.25, -0.2) is 4.98 Å². The summed E-state index contributed by atoms with van der Waals surface area (Å²) in [5, 5.41) is 1.03. The average molecular weight is 416 g/mol. The molecule has 3 rings (SSSR count). The first-order valence-electron chi connectivity index (χ1n) is 10.8. The molecule has 1 heterocycles. The number of amides is 1. The molecule has 1 aromatic carbocycles. The van der Waals surface area contributed by atoms with Crippen molar-refractivity contribution in [2.45, 2.75) is 95.3 Å². The zero-order valence-corrected chi connectivity index (χ0v) is 19.0. The minimum absolute atomic E-state index is 0.0224. The molecule has 0 unspecified atom stereocenters. The van der Waals surface area contributed by atoms with Gasteiger partial charge >= 0.3 is 0 Å². The van der Waals surface area contributed by atoms with Crippen molar-refractivity contribution < 1.29 is 4.79 Å². The minimum Gasteiger partial charge on any atom is -0.337 e. The molecule has 0 bridgehead atoms. The Balaban J connectivity index is 2.01. The second kappa shape index (κ2) is 9.33. The van der Waals surface area contributed by atoms with Crippen LogP contribution in [0.4, 0.5) is 0 Å². The summed E-state index contributed by atoms with van der Waals surface area (Å²) < 4.78 is 1.88. The van der Waals surface area contributed by atoms with Crippen molar-refractivity contribution in [2.24, 2.45) is 0 Å². The van der Waals surface area contributed by atoms with E-state index in [4.69, 9.17) is 4.98 Å². The van der Waals surface area contributed by atoms with Gasteiger partial charge in [0.2, 0.25) is 5.91 Å². The van der Waals surface area contributed by atoms with Gasteiger partial charge in [-0.1, -0.05) is 43.2 Å². The lowest BCUT2D eigenvalue weighted by Gasteiger charge is -2.33. The van der Waals surface area contributed by atoms with Crippen LogP contribution in [0.25, 0.3) is 10.9 Å². The molecule has 0 saturated heterocycles. The molecule has 1 amide bonds. The van der Waals surface area contributed by atoms with Crippen LogP contribution in [0, 0.1) is 0 Å². The number of nitrogens with zero attached hydrogens (tertiary/aromatic N) is 3. The first-order valence-corrected chi connectivity index (χ1v) is 11.7. The summed E-state index contributed by atoms with van der Waals surface area (Å²) in [4.78, 5) is 33.3. The third-order valence-electron chi connectivity index (χ3n) is 5.71. The van der Waals surface area contributed by atoms with Crippen molar-refractivity contribution in [1.82, 2.24) is 14.5 Å². The normalized spacial score (nSPS) is 16.5. The number of hydrogen-bond acceptors (Lipinski definition) is 4. The molecule has 2 aromatic rings. The van der Waals surface area contributed by atoms with Crippen molar-refractivity contribution in [3.8, 4) is 0 Å². The highest BCUT2D eigenvalue weighted by atomic mass is 32.2. The first-order chi connectivity index (χ1) is 13.8. The summed E-state index contributed by atoms with van der Waals surface area (Å²) in [7, 11) is 0. The molecule has 0 spiro atoms. The van der Waals surface area contributed by atoms with E-state index in [-0.39, 0.29) is 34.8 Å². The number of benzene rings is 1. The predicted octanol–water partition coefficient (Wildman–Crippen LogP) is 5.03. The molecule has 0 aliphatic heterocycles. The smallest absolute Gasteiger partial charge is 0.262 e. The Morgan fingerprint density at radius 1 is 1.07 bits per heavy atom. The second-order valence-corrected chi connectivity index (χ2v) is 9.88. The van der Waals surface area contributed by atoms with Crippen LogP contribution in [0.2, 0.25) is 0 Å². The van der Waals surface area contributed by atoms with E-state index in [1.54, 1.807) is 0 Å². The molecule has 1 aromatic heterocycles. The lowest BCUT2D eigenvalue weighted by Crippen LogP contribution is -2.45. The largest absolute Gasteiger partial charge is 0.337 e. The van der Waals surface area contributed by atoms with Gasteiger partial charge in [0.1, 0.15) is 0 Å². The molecule has 5 nitrogen and oxygen atoms in total. The van der Waals surface area contributed by atoms with E-state index >= 15 is 0 Å². The number of fused-ring (bicyclic) bond motifs is 1. The van der Waals surface area contributed by atoms with E-state index in [9.17, 15) is 9.59 Å². The summed E-state index contributed by atoms with van der Waals surface area (Å²) in [6.45, 7) is 10.1. The topological polar surface area (TPSA) is 55.2 Å². The molecule has 1 saturated carbocycles. The van der Waals surface area contributed by atoms with Crippen molar-refractivity contribution in [3.63, 3.8) is 0 Å². The molecule has 1 fully saturated rings. The zero-order valence-electron chi connectivity index (χ0n) is 18.2. The van der Waals surface area contributed by atoms with E-state index in [0.29, 0.717) is 16.1 Å². The van der Waals surface area contributed by atoms with Crippen LogP contribution in [-0.4, -0.2) is 37.7 Å². The van der Waals surface area contributed by atoms with Gasteiger partial charge in [0.25, 0.3) is 5.56 Å². The molecule has 1 aliphatic rings. The Morgan fingerprint density at radius 2 is 1.69 bits per heavy atom. The molecule has 0 radical (unpaired) electrons. The van der Waals surface area contributed by atoms with Gasteiger partial charge in [-0.2, -0.15) is 0 Å². The van der Waals surface area contributed by atoms with Crippen molar-refractivity contribution >= 4 is 28.6 Å². The number of thioether (sulfide) groups is 1. The van der Waals surface area contributed by atoms with E-state index in [2.05, 4.69) is 0 Å². The maximum Gasteiger partial charge on any atom is 0.262 e. The van der Waals surface area contributed by atoms with Crippen molar-refractivity contribution in [3.05, 3.63) is 34.6 Å². The maximum absolute atomic E-state index is 13.4. The number of hydrogen-bond donors (Lipinski definition) is 0. The maximum atomic E-state index is 13.4. The van der Waals surface area contributed by atoms with Crippen LogP contribution in [0.15, 0.2) is 34.2 Å². The van der Waals surface area contributed by atoms with Gasteiger partial charge in [0.15, 0.2) is 5.16 Å². The minimum atomic E-state index is -0.303. The fraction of sp³-hybridized carbons (Fsp3) is 0.609. The SMILES string of the molecule is CC(C)N(C(=O)[C@H](C)Sc1nc2ccccc2c(=O)n1C1CCCCC1)C(C)C. The third-order valence-corrected chi connectivity index (χ3v) is 6.77. The number of aromatic nitrogens is 2. The Morgan fingerprint density at radius 3 is 2.31 bits per heavy atom.